The topological polar surface area (TPSA) is 33.6 Å². The number of ether oxygens (including phenoxy) is 1. The highest BCUT2D eigenvalue weighted by atomic mass is 19.1. The molecule has 0 bridgehead atoms. The van der Waals surface area contributed by atoms with Crippen molar-refractivity contribution < 1.29 is 13.5 Å². The van der Waals surface area contributed by atoms with E-state index in [1.165, 1.54) is 0 Å². The van der Waals surface area contributed by atoms with Gasteiger partial charge in [-0.3, -0.25) is 5.43 Å². The number of para-hydroxylation sites is 1. The van der Waals surface area contributed by atoms with Crippen molar-refractivity contribution in [1.82, 2.24) is 0 Å². The van der Waals surface area contributed by atoms with Crippen LogP contribution in [0.25, 0.3) is 0 Å². The summed E-state index contributed by atoms with van der Waals surface area (Å²) in [6.45, 7) is 0.105. The van der Waals surface area contributed by atoms with Crippen molar-refractivity contribution >= 4 is 11.9 Å². The van der Waals surface area contributed by atoms with Crippen LogP contribution in [0, 0.1) is 11.6 Å². The van der Waals surface area contributed by atoms with Crippen LogP contribution < -0.4 is 10.2 Å². The van der Waals surface area contributed by atoms with Gasteiger partial charge in [0, 0.05) is 11.6 Å². The number of anilines is 1. The molecule has 126 valence electrons. The molecule has 0 radical (unpaired) electrons. The molecule has 3 rings (SSSR count). The van der Waals surface area contributed by atoms with Crippen LogP contribution in [0.1, 0.15) is 11.1 Å². The first-order valence-corrected chi connectivity index (χ1v) is 7.72. The smallest absolute Gasteiger partial charge is 0.165 e. The Hall–Kier alpha value is -3.21. The van der Waals surface area contributed by atoms with Crippen molar-refractivity contribution in [2.75, 3.05) is 5.43 Å². The molecule has 0 unspecified atom stereocenters. The van der Waals surface area contributed by atoms with Gasteiger partial charge in [-0.25, -0.2) is 8.78 Å². The molecule has 0 saturated carbocycles. The number of hydrogen-bond acceptors (Lipinski definition) is 3. The predicted molar refractivity (Wildman–Crippen MR) is 94.8 cm³/mol. The number of benzene rings is 3. The number of nitrogens with one attached hydrogen (secondary N) is 1. The van der Waals surface area contributed by atoms with Crippen molar-refractivity contribution in [3.8, 4) is 5.75 Å². The van der Waals surface area contributed by atoms with E-state index in [1.807, 2.05) is 54.6 Å². The molecular formula is C20H16F2N2O. The average Bonchev–Trinajstić information content (AvgIpc) is 2.64. The average molecular weight is 338 g/mol. The number of hydrazone groups is 1. The van der Waals surface area contributed by atoms with Crippen LogP contribution in [0.15, 0.2) is 77.9 Å². The Kier molecular flexibility index (Phi) is 5.36. The molecule has 3 nitrogen and oxygen atoms in total. The molecule has 5 heteroatoms. The van der Waals surface area contributed by atoms with Gasteiger partial charge in [0.15, 0.2) is 11.6 Å². The number of hydrogen-bond donors (Lipinski definition) is 1. The minimum atomic E-state index is -0.599. The number of nitrogens with zero attached hydrogens (tertiary/aromatic N) is 1. The van der Waals surface area contributed by atoms with E-state index in [2.05, 4.69) is 10.5 Å². The Morgan fingerprint density at radius 1 is 0.920 bits per heavy atom. The Bertz CT molecular complexity index is 867. The third-order valence-corrected chi connectivity index (χ3v) is 3.50. The lowest BCUT2D eigenvalue weighted by Gasteiger charge is -2.09. The maximum absolute atomic E-state index is 13.6. The molecule has 0 amide bonds. The van der Waals surface area contributed by atoms with Crippen molar-refractivity contribution in [2.24, 2.45) is 5.10 Å². The van der Waals surface area contributed by atoms with E-state index in [4.69, 9.17) is 4.74 Å². The number of halogens is 2. The second-order valence-electron chi connectivity index (χ2n) is 5.30. The van der Waals surface area contributed by atoms with E-state index in [1.54, 1.807) is 6.21 Å². The summed E-state index contributed by atoms with van der Waals surface area (Å²) >= 11 is 0. The van der Waals surface area contributed by atoms with Gasteiger partial charge in [0.1, 0.15) is 12.4 Å². The molecule has 0 aliphatic heterocycles. The lowest BCUT2D eigenvalue weighted by Crippen LogP contribution is -2.02. The van der Waals surface area contributed by atoms with Crippen LogP contribution in [0.5, 0.6) is 5.75 Å². The minimum Gasteiger partial charge on any atom is -0.486 e. The van der Waals surface area contributed by atoms with Crippen LogP contribution in [0.3, 0.4) is 0 Å². The summed E-state index contributed by atoms with van der Waals surface area (Å²) in [5, 5.41) is 4.19. The van der Waals surface area contributed by atoms with Crippen molar-refractivity contribution in [2.45, 2.75) is 6.61 Å². The second-order valence-corrected chi connectivity index (χ2v) is 5.30. The molecule has 3 aromatic rings. The monoisotopic (exact) mass is 338 g/mol. The zero-order valence-corrected chi connectivity index (χ0v) is 13.3. The summed E-state index contributed by atoms with van der Waals surface area (Å²) in [6.07, 6.45) is 1.66. The van der Waals surface area contributed by atoms with Gasteiger partial charge in [0.2, 0.25) is 0 Å². The first-order chi connectivity index (χ1) is 12.2. The molecule has 0 fully saturated rings. The van der Waals surface area contributed by atoms with Gasteiger partial charge in [0.25, 0.3) is 0 Å². The van der Waals surface area contributed by atoms with Crippen molar-refractivity contribution in [1.29, 1.82) is 0 Å². The molecule has 1 N–H and O–H groups in total. The van der Waals surface area contributed by atoms with Crippen LogP contribution in [0.2, 0.25) is 0 Å². The lowest BCUT2D eigenvalue weighted by atomic mass is 10.1. The van der Waals surface area contributed by atoms with E-state index in [0.29, 0.717) is 0 Å². The van der Waals surface area contributed by atoms with Gasteiger partial charge >= 0.3 is 0 Å². The summed E-state index contributed by atoms with van der Waals surface area (Å²) in [5.74, 6) is -1.26. The largest absolute Gasteiger partial charge is 0.486 e. The summed E-state index contributed by atoms with van der Waals surface area (Å²) in [4.78, 5) is 0. The van der Waals surface area contributed by atoms with Gasteiger partial charge in [-0.1, -0.05) is 42.5 Å². The Labute approximate surface area is 144 Å². The fourth-order valence-corrected chi connectivity index (χ4v) is 2.22. The van der Waals surface area contributed by atoms with Crippen molar-refractivity contribution in [3.05, 3.63) is 95.6 Å². The number of rotatable bonds is 6. The highest BCUT2D eigenvalue weighted by molar-refractivity contribution is 5.82. The highest BCUT2D eigenvalue weighted by Crippen LogP contribution is 2.20. The molecule has 0 atom stereocenters. The van der Waals surface area contributed by atoms with E-state index >= 15 is 0 Å². The molecule has 3 aromatic carbocycles. The normalized spacial score (nSPS) is 10.8. The van der Waals surface area contributed by atoms with Gasteiger partial charge < -0.3 is 4.74 Å². The van der Waals surface area contributed by atoms with Crippen LogP contribution in [0.4, 0.5) is 14.5 Å². The summed E-state index contributed by atoms with van der Waals surface area (Å²) in [6, 6.07) is 20.1. The lowest BCUT2D eigenvalue weighted by molar-refractivity contribution is 0.288. The zero-order chi connectivity index (χ0) is 17.5. The maximum Gasteiger partial charge on any atom is 0.165 e. The third kappa shape index (κ3) is 4.64. The zero-order valence-electron chi connectivity index (χ0n) is 13.3. The van der Waals surface area contributed by atoms with Gasteiger partial charge in [0.05, 0.1) is 11.9 Å². The maximum atomic E-state index is 13.6. The molecule has 0 heterocycles. The predicted octanol–water partition coefficient (Wildman–Crippen LogP) is 4.99. The quantitative estimate of drug-likeness (QED) is 0.507. The fourth-order valence-electron chi connectivity index (χ4n) is 2.22. The van der Waals surface area contributed by atoms with Crippen LogP contribution in [-0.2, 0) is 6.61 Å². The van der Waals surface area contributed by atoms with E-state index in [-0.39, 0.29) is 12.4 Å². The Balaban J connectivity index is 1.69. The van der Waals surface area contributed by atoms with E-state index < -0.39 is 11.6 Å². The first kappa shape index (κ1) is 16.6. The second kappa shape index (κ2) is 8.06. The first-order valence-electron chi connectivity index (χ1n) is 7.72. The van der Waals surface area contributed by atoms with Gasteiger partial charge in [-0.2, -0.15) is 5.10 Å². The third-order valence-electron chi connectivity index (χ3n) is 3.50. The minimum absolute atomic E-state index is 0.105. The van der Waals surface area contributed by atoms with E-state index in [0.717, 1.165) is 35.0 Å². The molecule has 0 saturated heterocycles. The summed E-state index contributed by atoms with van der Waals surface area (Å²) < 4.78 is 32.3. The molecule has 0 aromatic heterocycles. The Morgan fingerprint density at radius 2 is 1.68 bits per heavy atom. The molecule has 0 aliphatic rings. The summed E-state index contributed by atoms with van der Waals surface area (Å²) in [7, 11) is 0. The standard InChI is InChI=1S/C20H16F2N2O/c21-17-10-11-19(22)20(12-17)25-14-16-7-5-4-6-15(16)13-23-24-18-8-2-1-3-9-18/h1-13,24H,14H2. The van der Waals surface area contributed by atoms with Gasteiger partial charge in [-0.05, 0) is 29.8 Å². The molecule has 0 spiro atoms. The molecule has 0 aliphatic carbocycles. The van der Waals surface area contributed by atoms with Gasteiger partial charge in [-0.15, -0.1) is 0 Å². The fraction of sp³-hybridized carbons (Fsp3) is 0.0500. The summed E-state index contributed by atoms with van der Waals surface area (Å²) in [5.41, 5.74) is 5.43. The highest BCUT2D eigenvalue weighted by Gasteiger charge is 2.07. The Morgan fingerprint density at radius 3 is 2.52 bits per heavy atom. The molecule has 25 heavy (non-hydrogen) atoms. The van der Waals surface area contributed by atoms with Crippen LogP contribution >= 0.6 is 0 Å². The van der Waals surface area contributed by atoms with Crippen LogP contribution in [-0.4, -0.2) is 6.21 Å². The van der Waals surface area contributed by atoms with E-state index in [9.17, 15) is 8.78 Å². The SMILES string of the molecule is Fc1ccc(F)c(OCc2ccccc2C=NNc2ccccc2)c1. The van der Waals surface area contributed by atoms with Crippen molar-refractivity contribution in [3.63, 3.8) is 0 Å². The molecular weight excluding hydrogens is 322 g/mol.